The lowest BCUT2D eigenvalue weighted by atomic mass is 9.98. The molecule has 2 heterocycles. The molecule has 47 heavy (non-hydrogen) atoms. The average Bonchev–Trinajstić information content (AvgIpc) is 3.71. The lowest BCUT2D eigenvalue weighted by molar-refractivity contribution is -0.163. The molecule has 3 atom stereocenters. The zero-order valence-electron chi connectivity index (χ0n) is 26.4. The topological polar surface area (TPSA) is 97.0 Å². The van der Waals surface area contributed by atoms with Crippen molar-refractivity contribution >= 4 is 29.3 Å². The predicted molar refractivity (Wildman–Crippen MR) is 180 cm³/mol. The van der Waals surface area contributed by atoms with Gasteiger partial charge in [0, 0.05) is 30.2 Å². The smallest absolute Gasteiger partial charge is 0.255 e. The third-order valence-electron chi connectivity index (χ3n) is 8.56. The van der Waals surface area contributed by atoms with Crippen LogP contribution in [0, 0.1) is 0 Å². The minimum Gasteiger partial charge on any atom is -0.350 e. The maximum atomic E-state index is 13.8. The Kier molecular flexibility index (Phi) is 9.73. The Morgan fingerprint density at radius 1 is 0.809 bits per heavy atom. The summed E-state index contributed by atoms with van der Waals surface area (Å²) < 4.78 is 12.0. The van der Waals surface area contributed by atoms with E-state index in [1.807, 2.05) is 95.9 Å². The molecule has 242 valence electrons. The molecule has 2 saturated heterocycles. The highest BCUT2D eigenvalue weighted by Gasteiger charge is 2.51. The molecule has 0 spiro atoms. The van der Waals surface area contributed by atoms with Crippen molar-refractivity contribution in [3.8, 4) is 11.1 Å². The quantitative estimate of drug-likeness (QED) is 0.217. The van der Waals surface area contributed by atoms with Gasteiger partial charge in [-0.1, -0.05) is 96.5 Å². The van der Waals surface area contributed by atoms with Crippen molar-refractivity contribution in [3.63, 3.8) is 0 Å². The number of hydrogen-bond donors (Lipinski definition) is 2. The Balaban J connectivity index is 1.09. The normalized spacial score (nSPS) is 20.1. The van der Waals surface area contributed by atoms with Crippen LogP contribution < -0.4 is 10.6 Å². The van der Waals surface area contributed by atoms with Gasteiger partial charge in [0.25, 0.3) is 17.7 Å². The van der Waals surface area contributed by atoms with Gasteiger partial charge in [-0.25, -0.2) is 0 Å². The Morgan fingerprint density at radius 3 is 2.28 bits per heavy atom. The van der Waals surface area contributed by atoms with Crippen LogP contribution in [0.5, 0.6) is 0 Å². The molecular weight excluding hydrogens is 614 g/mol. The summed E-state index contributed by atoms with van der Waals surface area (Å²) in [7, 11) is 0. The van der Waals surface area contributed by atoms with Crippen LogP contribution in [0.4, 0.5) is 0 Å². The van der Waals surface area contributed by atoms with Gasteiger partial charge in [-0.05, 0) is 72.7 Å². The van der Waals surface area contributed by atoms with Gasteiger partial charge in [0.05, 0.1) is 6.04 Å². The number of benzene rings is 4. The standard InChI is InChI=1S/C38H38ClN3O5/c1-38(2)46-33(34(47-38)37(45)42-21-9-16-32(42)28-11-4-3-5-12-28)36(44)41-23-25-17-19-27(20-18-25)30-14-6-7-15-31(30)35(43)40-24-26-10-8-13-29(39)22-26/h3-8,10-15,17-20,22,32-34H,9,16,21,23-24H2,1-2H3,(H,40,43)(H,41,44)/t32?,33-,34-/m1/s1. The zero-order valence-corrected chi connectivity index (χ0v) is 27.2. The van der Waals surface area contributed by atoms with E-state index < -0.39 is 23.9 Å². The Morgan fingerprint density at radius 2 is 1.51 bits per heavy atom. The minimum absolute atomic E-state index is 0.0580. The maximum Gasteiger partial charge on any atom is 0.255 e. The molecule has 9 heteroatoms. The minimum atomic E-state index is -1.08. The summed E-state index contributed by atoms with van der Waals surface area (Å²) in [5.41, 5.74) is 5.06. The Hall–Kier alpha value is -4.50. The van der Waals surface area contributed by atoms with Crippen molar-refractivity contribution in [2.24, 2.45) is 0 Å². The van der Waals surface area contributed by atoms with E-state index in [-0.39, 0.29) is 24.4 Å². The highest BCUT2D eigenvalue weighted by Crippen LogP contribution is 2.36. The molecule has 4 aromatic rings. The molecule has 2 N–H and O–H groups in total. The second-order valence-electron chi connectivity index (χ2n) is 12.3. The molecule has 0 aromatic heterocycles. The summed E-state index contributed by atoms with van der Waals surface area (Å²) in [6, 6.07) is 32.4. The molecular formula is C38H38ClN3O5. The summed E-state index contributed by atoms with van der Waals surface area (Å²) >= 11 is 6.08. The molecule has 2 aliphatic rings. The first kappa shape index (κ1) is 32.4. The number of nitrogens with zero attached hydrogens (tertiary/aromatic N) is 1. The van der Waals surface area contributed by atoms with E-state index in [2.05, 4.69) is 10.6 Å². The molecule has 0 bridgehead atoms. The molecule has 0 radical (unpaired) electrons. The van der Waals surface area contributed by atoms with Crippen LogP contribution in [0.25, 0.3) is 11.1 Å². The van der Waals surface area contributed by atoms with Crippen molar-refractivity contribution in [2.45, 2.75) is 63.8 Å². The first-order chi connectivity index (χ1) is 22.7. The van der Waals surface area contributed by atoms with Gasteiger partial charge in [0.15, 0.2) is 18.0 Å². The molecule has 0 aliphatic carbocycles. The highest BCUT2D eigenvalue weighted by molar-refractivity contribution is 6.30. The number of hydrogen-bond acceptors (Lipinski definition) is 5. The second-order valence-corrected chi connectivity index (χ2v) is 12.8. The molecule has 1 unspecified atom stereocenters. The predicted octanol–water partition coefficient (Wildman–Crippen LogP) is 6.44. The fourth-order valence-electron chi connectivity index (χ4n) is 6.30. The van der Waals surface area contributed by atoms with Crippen LogP contribution in [0.3, 0.4) is 0 Å². The number of amides is 3. The molecule has 8 nitrogen and oxygen atoms in total. The summed E-state index contributed by atoms with van der Waals surface area (Å²) in [5.74, 6) is -1.91. The number of halogens is 1. The largest absolute Gasteiger partial charge is 0.350 e. The number of likely N-dealkylation sites (tertiary alicyclic amines) is 1. The summed E-state index contributed by atoms with van der Waals surface area (Å²) in [6.45, 7) is 4.63. The van der Waals surface area contributed by atoms with Gasteiger partial charge in [-0.2, -0.15) is 0 Å². The third kappa shape index (κ3) is 7.57. The van der Waals surface area contributed by atoms with Crippen LogP contribution in [0.2, 0.25) is 5.02 Å². The van der Waals surface area contributed by atoms with E-state index in [1.54, 1.807) is 26.0 Å². The number of ether oxygens (including phenoxy) is 2. The third-order valence-corrected chi connectivity index (χ3v) is 8.80. The molecule has 2 aliphatic heterocycles. The van der Waals surface area contributed by atoms with E-state index in [1.165, 1.54) is 0 Å². The molecule has 3 amide bonds. The van der Waals surface area contributed by atoms with Gasteiger partial charge in [-0.15, -0.1) is 0 Å². The summed E-state index contributed by atoms with van der Waals surface area (Å²) in [4.78, 5) is 42.2. The lowest BCUT2D eigenvalue weighted by Crippen LogP contribution is -2.49. The average molecular weight is 652 g/mol. The maximum absolute atomic E-state index is 13.8. The molecule has 4 aromatic carbocycles. The van der Waals surface area contributed by atoms with Crippen molar-refractivity contribution < 1.29 is 23.9 Å². The first-order valence-electron chi connectivity index (χ1n) is 15.9. The zero-order chi connectivity index (χ0) is 33.0. The van der Waals surface area contributed by atoms with Crippen molar-refractivity contribution in [1.82, 2.24) is 15.5 Å². The van der Waals surface area contributed by atoms with Crippen molar-refractivity contribution in [1.29, 1.82) is 0 Å². The van der Waals surface area contributed by atoms with Crippen molar-refractivity contribution in [3.05, 3.63) is 130 Å². The first-order valence-corrected chi connectivity index (χ1v) is 16.3. The molecule has 2 fully saturated rings. The van der Waals surface area contributed by atoms with E-state index in [4.69, 9.17) is 21.1 Å². The molecule has 6 rings (SSSR count). The number of nitrogens with one attached hydrogen (secondary N) is 2. The van der Waals surface area contributed by atoms with Gasteiger partial charge >= 0.3 is 0 Å². The summed E-state index contributed by atoms with van der Waals surface area (Å²) in [6.07, 6.45) is -0.380. The van der Waals surface area contributed by atoms with Crippen LogP contribution in [-0.2, 0) is 32.2 Å². The van der Waals surface area contributed by atoms with Gasteiger partial charge in [-0.3, -0.25) is 14.4 Å². The lowest BCUT2D eigenvalue weighted by Gasteiger charge is -2.28. The van der Waals surface area contributed by atoms with E-state index in [9.17, 15) is 14.4 Å². The van der Waals surface area contributed by atoms with Crippen LogP contribution >= 0.6 is 11.6 Å². The van der Waals surface area contributed by atoms with Gasteiger partial charge in [0.2, 0.25) is 0 Å². The van der Waals surface area contributed by atoms with E-state index in [0.717, 1.165) is 40.7 Å². The van der Waals surface area contributed by atoms with E-state index in [0.29, 0.717) is 23.7 Å². The second kappa shape index (κ2) is 14.1. The monoisotopic (exact) mass is 651 g/mol. The SMILES string of the molecule is CC1(C)O[C@@H](C(=O)NCc2ccc(-c3ccccc3C(=O)NCc3cccc(Cl)c3)cc2)[C@H](C(=O)N2CCCC2c2ccccc2)O1. The fraction of sp³-hybridized carbons (Fsp3) is 0.289. The van der Waals surface area contributed by atoms with Crippen LogP contribution in [0.1, 0.15) is 59.8 Å². The number of carbonyl (C=O) groups excluding carboxylic acids is 3. The van der Waals surface area contributed by atoms with Crippen LogP contribution in [0.15, 0.2) is 103 Å². The fourth-order valence-corrected chi connectivity index (χ4v) is 6.51. The number of carbonyl (C=O) groups is 3. The summed E-state index contributed by atoms with van der Waals surface area (Å²) in [5, 5.41) is 6.53. The van der Waals surface area contributed by atoms with Crippen LogP contribution in [-0.4, -0.2) is 47.2 Å². The number of rotatable bonds is 9. The highest BCUT2D eigenvalue weighted by atomic mass is 35.5. The molecule has 0 saturated carbocycles. The van der Waals surface area contributed by atoms with E-state index >= 15 is 0 Å². The van der Waals surface area contributed by atoms with Gasteiger partial charge < -0.3 is 25.0 Å². The Labute approximate surface area is 280 Å². The van der Waals surface area contributed by atoms with Gasteiger partial charge in [0.1, 0.15) is 0 Å². The Bertz CT molecular complexity index is 1740. The van der Waals surface area contributed by atoms with Crippen molar-refractivity contribution in [2.75, 3.05) is 6.54 Å².